The molecule has 0 bridgehead atoms. The number of carboxylic acids is 1. The molecular weight excluding hydrogens is 364 g/mol. The van der Waals surface area contributed by atoms with Gasteiger partial charge >= 0.3 is 5.97 Å². The molecule has 0 saturated carbocycles. The van der Waals surface area contributed by atoms with E-state index in [1.165, 1.54) is 19.3 Å². The van der Waals surface area contributed by atoms with E-state index in [0.29, 0.717) is 24.2 Å². The van der Waals surface area contributed by atoms with Gasteiger partial charge in [-0.05, 0) is 44.4 Å². The zero-order valence-corrected chi connectivity index (χ0v) is 15.7. The van der Waals surface area contributed by atoms with Crippen LogP contribution in [0.25, 0.3) is 5.57 Å². The number of ether oxygens (including phenoxy) is 1. The Morgan fingerprint density at radius 3 is 2.43 bits per heavy atom. The minimum atomic E-state index is -1.08. The van der Waals surface area contributed by atoms with Crippen molar-refractivity contribution in [2.24, 2.45) is 5.92 Å². The maximum atomic E-state index is 10.7. The third kappa shape index (κ3) is 5.09. The average molecular weight is 388 g/mol. The molecule has 7 heteroatoms. The first kappa shape index (κ1) is 21.0. The molecule has 0 radical (unpaired) electrons. The summed E-state index contributed by atoms with van der Waals surface area (Å²) in [5.74, 6) is -1.98. The highest BCUT2D eigenvalue weighted by molar-refractivity contribution is 5.80. The molecule has 28 heavy (non-hydrogen) atoms. The van der Waals surface area contributed by atoms with Crippen LogP contribution in [0.5, 0.6) is 17.2 Å². The molecule has 0 fully saturated rings. The Bertz CT molecular complexity index is 875. The van der Waals surface area contributed by atoms with Crippen molar-refractivity contribution in [3.8, 4) is 17.2 Å². The molecule has 0 heterocycles. The van der Waals surface area contributed by atoms with Gasteiger partial charge in [0.1, 0.15) is 17.3 Å². The second kappa shape index (κ2) is 9.03. The Labute approximate surface area is 162 Å². The molecule has 1 aromatic rings. The van der Waals surface area contributed by atoms with Crippen molar-refractivity contribution in [2.45, 2.75) is 26.2 Å². The lowest BCUT2D eigenvalue weighted by molar-refractivity contribution is -0.131. The standard InChI is InChI=1S/C21H24O7/c1-12(9-14(28-2)6-7-20(25)26)8-13-4-3-5-15(21(13)27)16-10-18(23)19(24)11-17(16)22/h6-11,13,22-24,27H,3-5H2,1-2H3,(H,25,26). The molecule has 0 aliphatic heterocycles. The molecule has 1 aliphatic rings. The van der Waals surface area contributed by atoms with Crippen LogP contribution in [0.3, 0.4) is 0 Å². The van der Waals surface area contributed by atoms with Crippen molar-refractivity contribution in [1.82, 2.24) is 0 Å². The molecule has 0 spiro atoms. The van der Waals surface area contributed by atoms with Crippen LogP contribution in [-0.2, 0) is 9.53 Å². The van der Waals surface area contributed by atoms with Gasteiger partial charge in [-0.3, -0.25) is 0 Å². The topological polar surface area (TPSA) is 127 Å². The smallest absolute Gasteiger partial charge is 0.328 e. The maximum absolute atomic E-state index is 10.7. The number of rotatable bonds is 6. The zero-order valence-electron chi connectivity index (χ0n) is 15.7. The quantitative estimate of drug-likeness (QED) is 0.164. The highest BCUT2D eigenvalue weighted by atomic mass is 16.5. The third-order valence-corrected chi connectivity index (χ3v) is 4.48. The van der Waals surface area contributed by atoms with E-state index < -0.39 is 11.7 Å². The Morgan fingerprint density at radius 1 is 1.11 bits per heavy atom. The van der Waals surface area contributed by atoms with Crippen LogP contribution in [0.2, 0.25) is 0 Å². The van der Waals surface area contributed by atoms with E-state index in [-0.39, 0.29) is 28.7 Å². The minimum Gasteiger partial charge on any atom is -0.511 e. The zero-order chi connectivity index (χ0) is 20.8. The predicted molar refractivity (Wildman–Crippen MR) is 104 cm³/mol. The summed E-state index contributed by atoms with van der Waals surface area (Å²) in [6, 6.07) is 2.27. The van der Waals surface area contributed by atoms with Crippen molar-refractivity contribution in [2.75, 3.05) is 7.11 Å². The number of aromatic hydroxyl groups is 3. The number of hydrogen-bond donors (Lipinski definition) is 5. The van der Waals surface area contributed by atoms with Gasteiger partial charge in [0.05, 0.1) is 7.11 Å². The Hall–Kier alpha value is -3.35. The Morgan fingerprint density at radius 2 is 1.79 bits per heavy atom. The van der Waals surface area contributed by atoms with E-state index in [1.807, 2.05) is 6.08 Å². The third-order valence-electron chi connectivity index (χ3n) is 4.48. The van der Waals surface area contributed by atoms with E-state index in [2.05, 4.69) is 0 Å². The lowest BCUT2D eigenvalue weighted by Crippen LogP contribution is -2.10. The maximum Gasteiger partial charge on any atom is 0.328 e. The van der Waals surface area contributed by atoms with Gasteiger partial charge in [0, 0.05) is 29.2 Å². The molecule has 1 aromatic carbocycles. The van der Waals surface area contributed by atoms with Crippen LogP contribution in [0.1, 0.15) is 31.7 Å². The highest BCUT2D eigenvalue weighted by Crippen LogP contribution is 2.42. The van der Waals surface area contributed by atoms with Crippen LogP contribution >= 0.6 is 0 Å². The molecular formula is C21H24O7. The van der Waals surface area contributed by atoms with Crippen molar-refractivity contribution >= 4 is 11.5 Å². The fourth-order valence-corrected chi connectivity index (χ4v) is 3.15. The summed E-state index contributed by atoms with van der Waals surface area (Å²) < 4.78 is 5.13. The van der Waals surface area contributed by atoms with E-state index in [9.17, 15) is 25.2 Å². The number of phenolic OH excluding ortho intramolecular Hbond substituents is 3. The number of aliphatic hydroxyl groups is 1. The van der Waals surface area contributed by atoms with Crippen molar-refractivity contribution in [3.63, 3.8) is 0 Å². The lowest BCUT2D eigenvalue weighted by atomic mass is 9.84. The van der Waals surface area contributed by atoms with Crippen LogP contribution in [-0.4, -0.2) is 38.6 Å². The lowest BCUT2D eigenvalue weighted by Gasteiger charge is -2.24. The van der Waals surface area contributed by atoms with Gasteiger partial charge in [-0.1, -0.05) is 11.6 Å². The van der Waals surface area contributed by atoms with Gasteiger partial charge in [-0.2, -0.15) is 0 Å². The number of phenols is 3. The summed E-state index contributed by atoms with van der Waals surface area (Å²) in [5.41, 5.74) is 1.55. The van der Waals surface area contributed by atoms with Gasteiger partial charge in [0.25, 0.3) is 0 Å². The highest BCUT2D eigenvalue weighted by Gasteiger charge is 2.24. The summed E-state index contributed by atoms with van der Waals surface area (Å²) in [4.78, 5) is 10.6. The molecule has 0 saturated heterocycles. The van der Waals surface area contributed by atoms with Crippen molar-refractivity contribution < 1.29 is 35.1 Å². The van der Waals surface area contributed by atoms with Gasteiger partial charge in [0.15, 0.2) is 11.5 Å². The number of benzene rings is 1. The summed E-state index contributed by atoms with van der Waals surface area (Å²) in [5, 5.41) is 48.7. The van der Waals surface area contributed by atoms with Crippen LogP contribution < -0.4 is 0 Å². The van der Waals surface area contributed by atoms with Crippen molar-refractivity contribution in [1.29, 1.82) is 0 Å². The Balaban J connectivity index is 2.36. The number of methoxy groups -OCH3 is 1. The van der Waals surface area contributed by atoms with Gasteiger partial charge in [-0.25, -0.2) is 4.79 Å². The number of hydrogen-bond acceptors (Lipinski definition) is 6. The van der Waals surface area contributed by atoms with E-state index in [0.717, 1.165) is 24.1 Å². The second-order valence-electron chi connectivity index (χ2n) is 6.55. The molecule has 1 unspecified atom stereocenters. The molecule has 2 rings (SSSR count). The molecule has 0 aromatic heterocycles. The molecule has 0 amide bonds. The number of aliphatic hydroxyl groups excluding tert-OH is 1. The van der Waals surface area contributed by atoms with Crippen molar-refractivity contribution in [3.05, 3.63) is 59.1 Å². The molecule has 7 nitrogen and oxygen atoms in total. The fraction of sp³-hybridized carbons (Fsp3) is 0.286. The normalized spacial score (nSPS) is 18.6. The summed E-state index contributed by atoms with van der Waals surface area (Å²) in [6.45, 7) is 1.80. The number of aliphatic carboxylic acids is 1. The van der Waals surface area contributed by atoms with E-state index in [1.54, 1.807) is 13.0 Å². The fourth-order valence-electron chi connectivity index (χ4n) is 3.15. The van der Waals surface area contributed by atoms with E-state index >= 15 is 0 Å². The summed E-state index contributed by atoms with van der Waals surface area (Å²) >= 11 is 0. The van der Waals surface area contributed by atoms with Gasteiger partial charge in [-0.15, -0.1) is 0 Å². The first-order valence-corrected chi connectivity index (χ1v) is 8.75. The number of carbonyl (C=O) groups is 1. The number of allylic oxidation sites excluding steroid dienone is 5. The summed E-state index contributed by atoms with van der Waals surface area (Å²) in [6.07, 6.45) is 7.77. The molecule has 5 N–H and O–H groups in total. The average Bonchev–Trinajstić information content (AvgIpc) is 2.63. The van der Waals surface area contributed by atoms with Crippen LogP contribution in [0, 0.1) is 5.92 Å². The van der Waals surface area contributed by atoms with Crippen LogP contribution in [0.4, 0.5) is 0 Å². The monoisotopic (exact) mass is 388 g/mol. The summed E-state index contributed by atoms with van der Waals surface area (Å²) in [7, 11) is 1.43. The minimum absolute atomic E-state index is 0.0828. The van der Waals surface area contributed by atoms with Gasteiger partial charge in [0.2, 0.25) is 0 Å². The number of carboxylic acid groups (broad SMARTS) is 1. The Kier molecular flexibility index (Phi) is 6.76. The second-order valence-corrected chi connectivity index (χ2v) is 6.55. The molecule has 1 atom stereocenters. The predicted octanol–water partition coefficient (Wildman–Crippen LogP) is 3.99. The SMILES string of the molecule is COC(C=CC(=O)O)=CC(C)=CC1CCCC(c2cc(O)c(O)cc2O)=C1O. The van der Waals surface area contributed by atoms with E-state index in [4.69, 9.17) is 9.84 Å². The van der Waals surface area contributed by atoms with Gasteiger partial charge < -0.3 is 30.3 Å². The van der Waals surface area contributed by atoms with Crippen LogP contribution in [0.15, 0.2) is 53.5 Å². The molecule has 150 valence electrons. The molecule has 1 aliphatic carbocycles. The largest absolute Gasteiger partial charge is 0.511 e. The first-order chi connectivity index (χ1) is 13.2. The first-order valence-electron chi connectivity index (χ1n) is 8.75.